The molecule has 3 unspecified atom stereocenters. The van der Waals surface area contributed by atoms with E-state index >= 15 is 0 Å². The molecule has 2 aliphatic heterocycles. The lowest BCUT2D eigenvalue weighted by molar-refractivity contribution is -0.142. The number of benzene rings is 1. The number of carboxylic acids is 1. The van der Waals surface area contributed by atoms with E-state index in [4.69, 9.17) is 11.6 Å². The molecule has 19 heavy (non-hydrogen) atoms. The van der Waals surface area contributed by atoms with Gasteiger partial charge in [0.05, 0.1) is 10.9 Å². The van der Waals surface area contributed by atoms with Crippen LogP contribution in [0.2, 0.25) is 5.02 Å². The van der Waals surface area contributed by atoms with Crippen molar-refractivity contribution in [1.82, 2.24) is 4.90 Å². The topological polar surface area (TPSA) is 40.5 Å². The lowest BCUT2D eigenvalue weighted by atomic mass is 9.89. The van der Waals surface area contributed by atoms with Crippen molar-refractivity contribution >= 4 is 17.6 Å². The fourth-order valence-electron chi connectivity index (χ4n) is 3.48. The Kier molecular flexibility index (Phi) is 3.23. The third-order valence-corrected chi connectivity index (χ3v) is 4.81. The summed E-state index contributed by atoms with van der Waals surface area (Å²) in [5, 5.41) is 9.36. The van der Waals surface area contributed by atoms with Gasteiger partial charge in [-0.3, -0.25) is 9.69 Å². The van der Waals surface area contributed by atoms with Gasteiger partial charge >= 0.3 is 5.97 Å². The Morgan fingerprint density at radius 3 is 2.95 bits per heavy atom. The normalized spacial score (nSPS) is 29.9. The van der Waals surface area contributed by atoms with Gasteiger partial charge in [-0.2, -0.15) is 0 Å². The predicted octanol–water partition coefficient (Wildman–Crippen LogP) is 2.92. The number of hydrogen-bond donors (Lipinski definition) is 1. The summed E-state index contributed by atoms with van der Waals surface area (Å²) in [5.74, 6) is -1.42. The smallest absolute Gasteiger partial charge is 0.308 e. The molecule has 3 nitrogen and oxygen atoms in total. The van der Waals surface area contributed by atoms with Gasteiger partial charge in [-0.15, -0.1) is 0 Å². The third kappa shape index (κ3) is 2.13. The molecular weight excluding hydrogens is 269 g/mol. The Labute approximate surface area is 116 Å². The van der Waals surface area contributed by atoms with E-state index in [0.29, 0.717) is 19.0 Å². The van der Waals surface area contributed by atoms with Crippen molar-refractivity contribution in [3.8, 4) is 0 Å². The van der Waals surface area contributed by atoms with E-state index in [-0.39, 0.29) is 17.0 Å². The summed E-state index contributed by atoms with van der Waals surface area (Å²) in [6.45, 7) is 0.537. The summed E-state index contributed by atoms with van der Waals surface area (Å²) in [7, 11) is 0. The SMILES string of the molecule is O=C(O)C1CC2CCC1N2Cc1cccc(F)c1Cl. The summed E-state index contributed by atoms with van der Waals surface area (Å²) in [6.07, 6.45) is 2.64. The summed E-state index contributed by atoms with van der Waals surface area (Å²) in [6, 6.07) is 5.15. The Hall–Kier alpha value is -1.13. The van der Waals surface area contributed by atoms with Crippen LogP contribution in [0.15, 0.2) is 18.2 Å². The summed E-state index contributed by atoms with van der Waals surface area (Å²) < 4.78 is 13.4. The van der Waals surface area contributed by atoms with E-state index < -0.39 is 11.8 Å². The summed E-state index contributed by atoms with van der Waals surface area (Å²) in [5.41, 5.74) is 0.740. The molecule has 3 atom stereocenters. The van der Waals surface area contributed by atoms with Gasteiger partial charge in [-0.1, -0.05) is 23.7 Å². The zero-order valence-electron chi connectivity index (χ0n) is 10.4. The zero-order chi connectivity index (χ0) is 13.6. The van der Waals surface area contributed by atoms with Crippen LogP contribution in [0, 0.1) is 11.7 Å². The van der Waals surface area contributed by atoms with Gasteiger partial charge in [0.1, 0.15) is 5.82 Å². The van der Waals surface area contributed by atoms with E-state index in [1.165, 1.54) is 6.07 Å². The zero-order valence-corrected chi connectivity index (χ0v) is 11.1. The highest BCUT2D eigenvalue weighted by Crippen LogP contribution is 2.43. The first kappa shape index (κ1) is 12.9. The molecule has 2 saturated heterocycles. The molecule has 2 aliphatic rings. The van der Waals surface area contributed by atoms with E-state index in [0.717, 1.165) is 18.4 Å². The lowest BCUT2D eigenvalue weighted by Crippen LogP contribution is -2.32. The Morgan fingerprint density at radius 2 is 2.26 bits per heavy atom. The molecule has 2 bridgehead atoms. The first-order valence-electron chi connectivity index (χ1n) is 6.49. The second kappa shape index (κ2) is 4.76. The fourth-order valence-corrected chi connectivity index (χ4v) is 3.67. The number of carbonyl (C=O) groups is 1. The van der Waals surface area contributed by atoms with Crippen LogP contribution in [0.3, 0.4) is 0 Å². The predicted molar refractivity (Wildman–Crippen MR) is 69.5 cm³/mol. The molecule has 0 saturated carbocycles. The fraction of sp³-hybridized carbons (Fsp3) is 0.500. The van der Waals surface area contributed by atoms with Crippen LogP contribution in [-0.2, 0) is 11.3 Å². The van der Waals surface area contributed by atoms with E-state index in [1.807, 2.05) is 0 Å². The minimum Gasteiger partial charge on any atom is -0.481 e. The molecule has 1 aromatic carbocycles. The Morgan fingerprint density at radius 1 is 1.47 bits per heavy atom. The van der Waals surface area contributed by atoms with Crippen LogP contribution >= 0.6 is 11.6 Å². The molecule has 3 rings (SSSR count). The van der Waals surface area contributed by atoms with Crippen LogP contribution in [-0.4, -0.2) is 28.1 Å². The van der Waals surface area contributed by atoms with Crippen molar-refractivity contribution in [3.63, 3.8) is 0 Å². The largest absolute Gasteiger partial charge is 0.481 e. The first-order valence-corrected chi connectivity index (χ1v) is 6.87. The monoisotopic (exact) mass is 283 g/mol. The van der Waals surface area contributed by atoms with Crippen molar-refractivity contribution in [2.45, 2.75) is 37.9 Å². The first-order chi connectivity index (χ1) is 9.08. The summed E-state index contributed by atoms with van der Waals surface area (Å²) >= 11 is 5.97. The lowest BCUT2D eigenvalue weighted by Gasteiger charge is -2.23. The van der Waals surface area contributed by atoms with Crippen LogP contribution in [0.25, 0.3) is 0 Å². The number of halogens is 2. The van der Waals surface area contributed by atoms with Gasteiger partial charge in [0, 0.05) is 18.6 Å². The van der Waals surface area contributed by atoms with Gasteiger partial charge in [0.15, 0.2) is 0 Å². The maximum absolute atomic E-state index is 13.4. The summed E-state index contributed by atoms with van der Waals surface area (Å²) in [4.78, 5) is 13.4. The number of aliphatic carboxylic acids is 1. The molecule has 0 aliphatic carbocycles. The molecule has 102 valence electrons. The van der Waals surface area contributed by atoms with Gasteiger partial charge in [-0.05, 0) is 30.9 Å². The maximum Gasteiger partial charge on any atom is 0.308 e. The number of rotatable bonds is 3. The number of nitrogens with zero attached hydrogens (tertiary/aromatic N) is 1. The molecule has 0 aromatic heterocycles. The van der Waals surface area contributed by atoms with Crippen LogP contribution in [0.4, 0.5) is 4.39 Å². The van der Waals surface area contributed by atoms with Gasteiger partial charge < -0.3 is 5.11 Å². The van der Waals surface area contributed by atoms with Gasteiger partial charge in [0.25, 0.3) is 0 Å². The average molecular weight is 284 g/mol. The quantitative estimate of drug-likeness (QED) is 0.927. The second-order valence-electron chi connectivity index (χ2n) is 5.36. The Bertz CT molecular complexity index is 522. The van der Waals surface area contributed by atoms with E-state index in [1.54, 1.807) is 12.1 Å². The molecule has 2 heterocycles. The molecule has 1 aromatic rings. The van der Waals surface area contributed by atoms with E-state index in [9.17, 15) is 14.3 Å². The molecule has 0 spiro atoms. The van der Waals surface area contributed by atoms with Crippen molar-refractivity contribution in [3.05, 3.63) is 34.6 Å². The number of fused-ring (bicyclic) bond motifs is 2. The van der Waals surface area contributed by atoms with Crippen molar-refractivity contribution in [1.29, 1.82) is 0 Å². The Balaban J connectivity index is 1.81. The molecule has 1 N–H and O–H groups in total. The maximum atomic E-state index is 13.4. The standard InChI is InChI=1S/C14H15ClFNO2/c15-13-8(2-1-3-11(13)16)7-17-9-4-5-12(17)10(6-9)14(18)19/h1-3,9-10,12H,4-7H2,(H,18,19). The highest BCUT2D eigenvalue weighted by molar-refractivity contribution is 6.31. The molecule has 5 heteroatoms. The molecule has 0 radical (unpaired) electrons. The van der Waals surface area contributed by atoms with Gasteiger partial charge in [0.2, 0.25) is 0 Å². The van der Waals surface area contributed by atoms with Crippen molar-refractivity contribution in [2.24, 2.45) is 5.92 Å². The highest BCUT2D eigenvalue weighted by Gasteiger charge is 2.49. The van der Waals surface area contributed by atoms with Crippen LogP contribution in [0.5, 0.6) is 0 Å². The minimum atomic E-state index is -0.720. The third-order valence-electron chi connectivity index (χ3n) is 4.38. The van der Waals surface area contributed by atoms with Crippen molar-refractivity contribution < 1.29 is 14.3 Å². The second-order valence-corrected chi connectivity index (χ2v) is 5.74. The average Bonchev–Trinajstić information content (AvgIpc) is 2.92. The van der Waals surface area contributed by atoms with Crippen molar-refractivity contribution in [2.75, 3.05) is 0 Å². The molecule has 2 fully saturated rings. The van der Waals surface area contributed by atoms with E-state index in [2.05, 4.69) is 4.90 Å². The van der Waals surface area contributed by atoms with Gasteiger partial charge in [-0.25, -0.2) is 4.39 Å². The number of hydrogen-bond acceptors (Lipinski definition) is 2. The molecule has 0 amide bonds. The number of carboxylic acid groups (broad SMARTS) is 1. The highest BCUT2D eigenvalue weighted by atomic mass is 35.5. The minimum absolute atomic E-state index is 0.0711. The van der Waals surface area contributed by atoms with Crippen LogP contribution < -0.4 is 0 Å². The molecular formula is C14H15ClFNO2. The van der Waals surface area contributed by atoms with Crippen LogP contribution in [0.1, 0.15) is 24.8 Å².